The van der Waals surface area contributed by atoms with Gasteiger partial charge in [-0.25, -0.2) is 0 Å². The van der Waals surface area contributed by atoms with Crippen LogP contribution < -0.4 is 0 Å². The third-order valence-corrected chi connectivity index (χ3v) is 3.69. The van der Waals surface area contributed by atoms with E-state index in [4.69, 9.17) is 0 Å². The first-order valence-electron chi connectivity index (χ1n) is 7.10. The topological polar surface area (TPSA) is 52.8 Å². The lowest BCUT2D eigenvalue weighted by atomic mass is 9.91. The molecule has 6 heteroatoms. The first-order valence-corrected chi connectivity index (χ1v) is 7.10. The number of nitrogens with zero attached hydrogens (tertiary/aromatic N) is 1. The van der Waals surface area contributed by atoms with Gasteiger partial charge in [0, 0.05) is 17.7 Å². The summed E-state index contributed by atoms with van der Waals surface area (Å²) in [4.78, 5) is 3.87. The number of halogens is 3. The summed E-state index contributed by atoms with van der Waals surface area (Å²) in [6, 6.07) is 6.07. The third kappa shape index (κ3) is 3.33. The van der Waals surface area contributed by atoms with E-state index in [2.05, 4.69) is 18.3 Å². The van der Waals surface area contributed by atoms with Gasteiger partial charge in [-0.05, 0) is 42.5 Å². The van der Waals surface area contributed by atoms with E-state index in [0.29, 0.717) is 28.4 Å². The highest BCUT2D eigenvalue weighted by molar-refractivity contribution is 5.81. The van der Waals surface area contributed by atoms with Crippen LogP contribution in [-0.2, 0) is 12.6 Å². The maximum absolute atomic E-state index is 12.7. The Balaban J connectivity index is 2.68. The van der Waals surface area contributed by atoms with Crippen LogP contribution >= 0.6 is 0 Å². The van der Waals surface area contributed by atoms with E-state index in [1.807, 2.05) is 0 Å². The molecule has 0 amide bonds. The molecule has 0 radical (unpaired) electrons. The number of hydrogen-bond acceptors (Lipinski definition) is 3. The van der Waals surface area contributed by atoms with Crippen molar-refractivity contribution in [2.24, 2.45) is 4.99 Å². The Morgan fingerprint density at radius 3 is 2.29 bits per heavy atom. The highest BCUT2D eigenvalue weighted by Crippen LogP contribution is 2.40. The van der Waals surface area contributed by atoms with Crippen molar-refractivity contribution in [3.63, 3.8) is 0 Å². The molecule has 0 aromatic heterocycles. The number of alkyl halides is 3. The van der Waals surface area contributed by atoms with Crippen molar-refractivity contribution in [1.82, 2.24) is 0 Å². The summed E-state index contributed by atoms with van der Waals surface area (Å²) in [5, 5.41) is 19.4. The van der Waals surface area contributed by atoms with Crippen molar-refractivity contribution < 1.29 is 23.4 Å². The van der Waals surface area contributed by atoms with Gasteiger partial charge in [-0.1, -0.05) is 24.8 Å². The van der Waals surface area contributed by atoms with Gasteiger partial charge >= 0.3 is 6.18 Å². The number of aliphatic imine (C=N–C) groups is 1. The largest absolute Gasteiger partial charge is 0.507 e. The molecule has 2 aromatic rings. The second-order valence-electron chi connectivity index (χ2n) is 5.09. The summed E-state index contributed by atoms with van der Waals surface area (Å²) in [6.45, 7) is 7.00. The van der Waals surface area contributed by atoms with Gasteiger partial charge in [0.05, 0.1) is 11.3 Å². The second-order valence-corrected chi connectivity index (χ2v) is 5.09. The number of benzene rings is 2. The Bertz CT molecular complexity index is 783. The Labute approximate surface area is 137 Å². The van der Waals surface area contributed by atoms with Crippen LogP contribution in [0.4, 0.5) is 18.9 Å². The lowest BCUT2D eigenvalue weighted by Crippen LogP contribution is -2.05. The van der Waals surface area contributed by atoms with Crippen molar-refractivity contribution in [2.75, 3.05) is 6.61 Å². The zero-order chi connectivity index (χ0) is 17.9. The minimum absolute atomic E-state index is 0.171. The zero-order valence-corrected chi connectivity index (χ0v) is 12.8. The Hall–Kier alpha value is -2.60. The van der Waals surface area contributed by atoms with Gasteiger partial charge in [-0.15, -0.1) is 0 Å². The molecule has 0 aliphatic carbocycles. The number of aliphatic hydroxyl groups is 1. The number of aliphatic hydroxyl groups excluding tert-OH is 1. The van der Waals surface area contributed by atoms with Crippen molar-refractivity contribution in [1.29, 1.82) is 0 Å². The molecule has 0 saturated heterocycles. The molecule has 0 fully saturated rings. The van der Waals surface area contributed by atoms with Crippen molar-refractivity contribution in [2.45, 2.75) is 12.6 Å². The van der Waals surface area contributed by atoms with Gasteiger partial charge in [-0.2, -0.15) is 13.2 Å². The average molecular weight is 335 g/mol. The third-order valence-electron chi connectivity index (χ3n) is 3.69. The highest BCUT2D eigenvalue weighted by Gasteiger charge is 2.31. The molecular formula is C18H16F3NO2. The fraction of sp³-hybridized carbons (Fsp3) is 0.167. The van der Waals surface area contributed by atoms with Crippen LogP contribution in [0, 0.1) is 0 Å². The molecule has 126 valence electrons. The number of phenols is 1. The van der Waals surface area contributed by atoms with Gasteiger partial charge in [0.2, 0.25) is 0 Å². The maximum atomic E-state index is 12.7. The van der Waals surface area contributed by atoms with Crippen LogP contribution in [0.3, 0.4) is 0 Å². The molecule has 2 rings (SSSR count). The van der Waals surface area contributed by atoms with Crippen LogP contribution in [0.2, 0.25) is 0 Å². The summed E-state index contributed by atoms with van der Waals surface area (Å²) >= 11 is 0. The van der Waals surface area contributed by atoms with E-state index in [9.17, 15) is 23.4 Å². The molecule has 2 aromatic carbocycles. The molecule has 0 spiro atoms. The van der Waals surface area contributed by atoms with Gasteiger partial charge in [0.15, 0.2) is 0 Å². The van der Waals surface area contributed by atoms with E-state index in [-0.39, 0.29) is 18.6 Å². The summed E-state index contributed by atoms with van der Waals surface area (Å²) in [7, 11) is 0. The van der Waals surface area contributed by atoms with Gasteiger partial charge in [-0.3, -0.25) is 4.99 Å². The predicted octanol–water partition coefficient (Wildman–Crippen LogP) is 4.59. The summed E-state index contributed by atoms with van der Waals surface area (Å²) in [6.07, 6.45) is -2.76. The van der Waals surface area contributed by atoms with Crippen molar-refractivity contribution >= 4 is 18.5 Å². The molecule has 0 saturated carbocycles. The highest BCUT2D eigenvalue weighted by atomic mass is 19.4. The van der Waals surface area contributed by atoms with E-state index < -0.39 is 17.5 Å². The van der Waals surface area contributed by atoms with Crippen LogP contribution in [0.1, 0.15) is 16.7 Å². The quantitative estimate of drug-likeness (QED) is 0.785. The number of hydrogen-bond donors (Lipinski definition) is 2. The molecule has 3 nitrogen and oxygen atoms in total. The first-order chi connectivity index (χ1) is 11.3. The molecule has 0 aliphatic heterocycles. The summed E-state index contributed by atoms with van der Waals surface area (Å²) < 4.78 is 38.2. The molecule has 0 bridgehead atoms. The molecule has 0 heterocycles. The second kappa shape index (κ2) is 6.88. The van der Waals surface area contributed by atoms with Crippen molar-refractivity contribution in [3.8, 4) is 16.9 Å². The molecule has 0 unspecified atom stereocenters. The molecular weight excluding hydrogens is 319 g/mol. The normalized spacial score (nSPS) is 11.3. The minimum Gasteiger partial charge on any atom is -0.507 e. The maximum Gasteiger partial charge on any atom is 0.416 e. The summed E-state index contributed by atoms with van der Waals surface area (Å²) in [5.74, 6) is -0.488. The van der Waals surface area contributed by atoms with E-state index in [1.54, 1.807) is 18.2 Å². The lowest BCUT2D eigenvalue weighted by molar-refractivity contribution is -0.137. The fourth-order valence-electron chi connectivity index (χ4n) is 2.59. The Morgan fingerprint density at radius 2 is 1.79 bits per heavy atom. The predicted molar refractivity (Wildman–Crippen MR) is 88.6 cm³/mol. The Kier molecular flexibility index (Phi) is 5.09. The van der Waals surface area contributed by atoms with Crippen molar-refractivity contribution in [3.05, 3.63) is 53.6 Å². The minimum atomic E-state index is -4.53. The number of phenolic OH excluding ortho intramolecular Hbond substituents is 1. The Morgan fingerprint density at radius 1 is 1.12 bits per heavy atom. The molecule has 0 aliphatic rings. The number of rotatable bonds is 5. The monoisotopic (exact) mass is 335 g/mol. The average Bonchev–Trinajstić information content (AvgIpc) is 2.54. The lowest BCUT2D eigenvalue weighted by Gasteiger charge is -2.16. The SMILES string of the molecule is C=Cc1c(N=C)ccc(-c2ccc(C(F)(F)F)cc2O)c1CCO. The van der Waals surface area contributed by atoms with Crippen LogP contribution in [0.15, 0.2) is 41.9 Å². The van der Waals surface area contributed by atoms with Crippen LogP contribution in [0.5, 0.6) is 5.75 Å². The molecule has 0 atom stereocenters. The van der Waals surface area contributed by atoms with Gasteiger partial charge < -0.3 is 10.2 Å². The smallest absolute Gasteiger partial charge is 0.416 e. The van der Waals surface area contributed by atoms with Gasteiger partial charge in [0.25, 0.3) is 0 Å². The van der Waals surface area contributed by atoms with E-state index in [1.165, 1.54) is 6.07 Å². The zero-order valence-electron chi connectivity index (χ0n) is 12.8. The van der Waals surface area contributed by atoms with E-state index >= 15 is 0 Å². The standard InChI is InChI=1S/C18H16F3NO2/c1-3-12-14(8-9-23)13(6-7-16(12)22-2)15-5-4-11(10-17(15)24)18(19,20)21/h3-7,10,23-24H,1-2,8-9H2. The first kappa shape index (κ1) is 17.7. The molecule has 2 N–H and O–H groups in total. The van der Waals surface area contributed by atoms with E-state index in [0.717, 1.165) is 6.07 Å². The van der Waals surface area contributed by atoms with Gasteiger partial charge in [0.1, 0.15) is 5.75 Å². The number of aromatic hydroxyl groups is 1. The fourth-order valence-corrected chi connectivity index (χ4v) is 2.59. The van der Waals surface area contributed by atoms with Crippen LogP contribution in [-0.4, -0.2) is 23.5 Å². The molecule has 24 heavy (non-hydrogen) atoms. The summed E-state index contributed by atoms with van der Waals surface area (Å²) in [5.41, 5.74) is 1.62. The van der Waals surface area contributed by atoms with Crippen LogP contribution in [0.25, 0.3) is 17.2 Å².